The molecule has 1 aliphatic rings. The van der Waals surface area contributed by atoms with Gasteiger partial charge in [0.1, 0.15) is 11.5 Å². The molecule has 0 radical (unpaired) electrons. The number of carbonyl (C=O) groups excluding carboxylic acids is 1. The molecule has 1 aromatic heterocycles. The maximum absolute atomic E-state index is 14.4. The van der Waals surface area contributed by atoms with Crippen LogP contribution in [0.4, 0.5) is 15.8 Å². The van der Waals surface area contributed by atoms with E-state index in [9.17, 15) is 17.6 Å². The summed E-state index contributed by atoms with van der Waals surface area (Å²) in [6, 6.07) is 7.05. The van der Waals surface area contributed by atoms with E-state index in [0.29, 0.717) is 5.69 Å². The molecule has 28 heavy (non-hydrogen) atoms. The van der Waals surface area contributed by atoms with Crippen LogP contribution >= 0.6 is 0 Å². The summed E-state index contributed by atoms with van der Waals surface area (Å²) in [7, 11) is -3.91. The molecule has 0 unspecified atom stereocenters. The fraction of sp³-hybridized carbons (Fsp3) is 0.421. The summed E-state index contributed by atoms with van der Waals surface area (Å²) >= 11 is 0. The lowest BCUT2D eigenvalue weighted by atomic mass is 10.1. The van der Waals surface area contributed by atoms with Gasteiger partial charge >= 0.3 is 0 Å². The van der Waals surface area contributed by atoms with Gasteiger partial charge in [-0.1, -0.05) is 6.07 Å². The lowest BCUT2D eigenvalue weighted by molar-refractivity contribution is 0.0991. The molecule has 1 aromatic carbocycles. The van der Waals surface area contributed by atoms with Gasteiger partial charge in [0.25, 0.3) is 15.9 Å². The Morgan fingerprint density at radius 3 is 2.46 bits per heavy atom. The maximum atomic E-state index is 14.4. The Kier molecular flexibility index (Phi) is 5.49. The highest BCUT2D eigenvalue weighted by Crippen LogP contribution is 2.31. The molecule has 0 saturated carbocycles. The highest BCUT2D eigenvalue weighted by molar-refractivity contribution is 7.89. The number of carbonyl (C=O) groups is 1. The van der Waals surface area contributed by atoms with Crippen LogP contribution in [0.15, 0.2) is 39.8 Å². The topological polar surface area (TPSA) is 91.6 Å². The minimum Gasteiger partial charge on any atom is -0.438 e. The molecule has 1 amide bonds. The second-order valence-electron chi connectivity index (χ2n) is 7.76. The van der Waals surface area contributed by atoms with Crippen LogP contribution in [0.1, 0.15) is 44.2 Å². The van der Waals surface area contributed by atoms with E-state index in [1.165, 1.54) is 18.2 Å². The van der Waals surface area contributed by atoms with E-state index in [1.807, 2.05) is 4.90 Å². The third kappa shape index (κ3) is 4.53. The number of hydrogen-bond acceptors (Lipinski definition) is 5. The standard InChI is InChI=1S/C19H24FN3O4S/c1-19(2,3)22-28(25,26)16-10-9-15(27-16)18(24)21-17-13(20)7-6-8-14(17)23-11-4-5-12-23/h6-10,22H,4-5,11-12H2,1-3H3,(H,21,24). The van der Waals surface area contributed by atoms with Gasteiger partial charge in [-0.3, -0.25) is 4.79 Å². The molecule has 0 bridgehead atoms. The van der Waals surface area contributed by atoms with Crippen molar-refractivity contribution >= 4 is 27.3 Å². The number of rotatable bonds is 5. The fourth-order valence-corrected chi connectivity index (χ4v) is 4.43. The van der Waals surface area contributed by atoms with Crippen molar-refractivity contribution in [3.05, 3.63) is 41.9 Å². The molecular formula is C19H24FN3O4S. The van der Waals surface area contributed by atoms with E-state index in [1.54, 1.807) is 32.9 Å². The van der Waals surface area contributed by atoms with Crippen LogP contribution < -0.4 is 14.9 Å². The number of amides is 1. The fourth-order valence-electron chi connectivity index (χ4n) is 3.07. The Morgan fingerprint density at radius 2 is 1.82 bits per heavy atom. The van der Waals surface area contributed by atoms with Gasteiger partial charge in [-0.2, -0.15) is 0 Å². The second kappa shape index (κ2) is 7.56. The normalized spacial score (nSPS) is 15.1. The monoisotopic (exact) mass is 409 g/mol. The average molecular weight is 409 g/mol. The molecule has 9 heteroatoms. The Labute approximate surface area is 164 Å². The first kappa shape index (κ1) is 20.3. The number of sulfonamides is 1. The molecule has 1 fully saturated rings. The quantitative estimate of drug-likeness (QED) is 0.790. The Morgan fingerprint density at radius 1 is 1.14 bits per heavy atom. The van der Waals surface area contributed by atoms with E-state index >= 15 is 0 Å². The van der Waals surface area contributed by atoms with Gasteiger partial charge in [0.2, 0.25) is 5.09 Å². The summed E-state index contributed by atoms with van der Waals surface area (Å²) in [5.74, 6) is -1.50. The predicted octanol–water partition coefficient (Wildman–Crippen LogP) is 3.35. The number of nitrogens with zero attached hydrogens (tertiary/aromatic N) is 1. The lowest BCUT2D eigenvalue weighted by Gasteiger charge is -2.21. The van der Waals surface area contributed by atoms with Gasteiger partial charge in [0, 0.05) is 18.6 Å². The van der Waals surface area contributed by atoms with Crippen LogP contribution in [-0.2, 0) is 10.0 Å². The predicted molar refractivity (Wildman–Crippen MR) is 105 cm³/mol. The van der Waals surface area contributed by atoms with Crippen molar-refractivity contribution in [1.82, 2.24) is 4.72 Å². The number of halogens is 1. The first-order valence-corrected chi connectivity index (χ1v) is 10.5. The average Bonchev–Trinajstić information content (AvgIpc) is 3.26. The van der Waals surface area contributed by atoms with Gasteiger partial charge in [-0.15, -0.1) is 0 Å². The van der Waals surface area contributed by atoms with Crippen molar-refractivity contribution in [1.29, 1.82) is 0 Å². The van der Waals surface area contributed by atoms with Gasteiger partial charge in [-0.25, -0.2) is 17.5 Å². The van der Waals surface area contributed by atoms with Crippen LogP contribution in [0.3, 0.4) is 0 Å². The van der Waals surface area contributed by atoms with Crippen LogP contribution in [0.25, 0.3) is 0 Å². The van der Waals surface area contributed by atoms with Gasteiger partial charge < -0.3 is 14.6 Å². The Balaban J connectivity index is 1.83. The molecule has 3 rings (SSSR count). The first-order valence-electron chi connectivity index (χ1n) is 9.05. The van der Waals surface area contributed by atoms with Crippen molar-refractivity contribution in [3.8, 4) is 0 Å². The summed E-state index contributed by atoms with van der Waals surface area (Å²) in [5.41, 5.74) is -0.0473. The molecule has 0 spiro atoms. The van der Waals surface area contributed by atoms with E-state index < -0.39 is 27.3 Å². The van der Waals surface area contributed by atoms with Crippen molar-refractivity contribution in [2.24, 2.45) is 0 Å². The zero-order chi connectivity index (χ0) is 20.5. The van der Waals surface area contributed by atoms with Crippen LogP contribution in [0, 0.1) is 5.82 Å². The summed E-state index contributed by atoms with van der Waals surface area (Å²) in [6.07, 6.45) is 2.01. The largest absolute Gasteiger partial charge is 0.438 e. The highest BCUT2D eigenvalue weighted by Gasteiger charge is 2.27. The molecule has 1 aliphatic heterocycles. The maximum Gasteiger partial charge on any atom is 0.291 e. The Bertz CT molecular complexity index is 973. The van der Waals surface area contributed by atoms with Crippen molar-refractivity contribution in [2.45, 2.75) is 44.2 Å². The summed E-state index contributed by atoms with van der Waals surface area (Å²) in [4.78, 5) is 14.6. The van der Waals surface area contributed by atoms with Crippen LogP contribution in [-0.4, -0.2) is 33.0 Å². The van der Waals surface area contributed by atoms with E-state index in [0.717, 1.165) is 25.9 Å². The van der Waals surface area contributed by atoms with Crippen molar-refractivity contribution in [3.63, 3.8) is 0 Å². The lowest BCUT2D eigenvalue weighted by Crippen LogP contribution is -2.40. The molecular weight excluding hydrogens is 385 g/mol. The smallest absolute Gasteiger partial charge is 0.291 e. The number of nitrogens with one attached hydrogen (secondary N) is 2. The minimum atomic E-state index is -3.91. The van der Waals surface area contributed by atoms with E-state index in [2.05, 4.69) is 10.0 Å². The molecule has 0 aliphatic carbocycles. The van der Waals surface area contributed by atoms with Crippen molar-refractivity contribution in [2.75, 3.05) is 23.3 Å². The van der Waals surface area contributed by atoms with Crippen molar-refractivity contribution < 1.29 is 22.0 Å². The SMILES string of the molecule is CC(C)(C)NS(=O)(=O)c1ccc(C(=O)Nc2c(F)cccc2N2CCCC2)o1. The van der Waals surface area contributed by atoms with E-state index in [4.69, 9.17) is 4.42 Å². The number of benzene rings is 1. The number of para-hydroxylation sites is 1. The molecule has 2 heterocycles. The van der Waals surface area contributed by atoms with Crippen LogP contribution in [0.2, 0.25) is 0 Å². The molecule has 7 nitrogen and oxygen atoms in total. The zero-order valence-corrected chi connectivity index (χ0v) is 16.9. The van der Waals surface area contributed by atoms with E-state index in [-0.39, 0.29) is 16.5 Å². The number of furan rings is 1. The highest BCUT2D eigenvalue weighted by atomic mass is 32.2. The van der Waals surface area contributed by atoms with Gasteiger partial charge in [0.15, 0.2) is 5.76 Å². The summed E-state index contributed by atoms with van der Waals surface area (Å²) in [5, 5.41) is 2.15. The summed E-state index contributed by atoms with van der Waals surface area (Å²) in [6.45, 7) is 6.65. The molecule has 2 aromatic rings. The molecule has 0 atom stereocenters. The third-order valence-electron chi connectivity index (χ3n) is 4.19. The minimum absolute atomic E-state index is 0.0584. The Hall–Kier alpha value is -2.39. The third-order valence-corrected chi connectivity index (χ3v) is 5.82. The molecule has 2 N–H and O–H groups in total. The molecule has 1 saturated heterocycles. The number of hydrogen-bond donors (Lipinski definition) is 2. The van der Waals surface area contributed by atoms with Gasteiger partial charge in [-0.05, 0) is 57.9 Å². The molecule has 152 valence electrons. The first-order chi connectivity index (χ1) is 13.1. The zero-order valence-electron chi connectivity index (χ0n) is 16.1. The second-order valence-corrected chi connectivity index (χ2v) is 9.37. The van der Waals surface area contributed by atoms with Crippen LogP contribution in [0.5, 0.6) is 0 Å². The van der Waals surface area contributed by atoms with Gasteiger partial charge in [0.05, 0.1) is 5.69 Å². The number of anilines is 2. The summed E-state index contributed by atoms with van der Waals surface area (Å²) < 4.78 is 46.7.